The molecule has 1 N–H and O–H groups in total. The standard InChI is InChI=1S/C10H11N2/c1-7(2)10-11-8-5-3-4-6-9(8)12-10/h3-7H,1H2,2H3,(H,11,12). The second kappa shape index (κ2) is 2.63. The molecule has 12 heavy (non-hydrogen) atoms. The monoisotopic (exact) mass is 159 g/mol. The highest BCUT2D eigenvalue weighted by atomic mass is 14.9. The van der Waals surface area contributed by atoms with Gasteiger partial charge in [0.05, 0.1) is 11.0 Å². The Morgan fingerprint density at radius 2 is 2.17 bits per heavy atom. The van der Waals surface area contributed by atoms with Crippen LogP contribution in [0.3, 0.4) is 0 Å². The fraction of sp³-hybridized carbons (Fsp3) is 0.200. The van der Waals surface area contributed by atoms with Gasteiger partial charge in [0.1, 0.15) is 5.82 Å². The van der Waals surface area contributed by atoms with Crippen molar-refractivity contribution in [1.82, 2.24) is 9.97 Å². The Kier molecular flexibility index (Phi) is 1.61. The summed E-state index contributed by atoms with van der Waals surface area (Å²) in [4.78, 5) is 7.62. The van der Waals surface area contributed by atoms with Gasteiger partial charge in [-0.15, -0.1) is 0 Å². The number of aromatic nitrogens is 2. The number of nitrogens with one attached hydrogen (secondary N) is 1. The molecule has 2 heteroatoms. The van der Waals surface area contributed by atoms with Crippen LogP contribution in [0.25, 0.3) is 11.0 Å². The molecule has 0 bridgehead atoms. The molecule has 0 saturated carbocycles. The molecule has 0 aliphatic carbocycles. The van der Waals surface area contributed by atoms with Crippen LogP contribution in [0.15, 0.2) is 24.3 Å². The highest BCUT2D eigenvalue weighted by Crippen LogP contribution is 2.15. The van der Waals surface area contributed by atoms with E-state index in [0.29, 0.717) is 0 Å². The molecule has 0 aliphatic heterocycles. The molecular formula is C10H11N2. The third kappa shape index (κ3) is 1.09. The number of H-pyrrole nitrogens is 1. The summed E-state index contributed by atoms with van der Waals surface area (Å²) in [6.45, 7) is 5.94. The molecule has 2 nitrogen and oxygen atoms in total. The molecule has 1 aromatic heterocycles. The smallest absolute Gasteiger partial charge is 0.110 e. The molecule has 0 aliphatic rings. The SMILES string of the molecule is [CH2]C(C)c1nc2ccccc2[nH]1. The summed E-state index contributed by atoms with van der Waals surface area (Å²) in [5, 5.41) is 0. The lowest BCUT2D eigenvalue weighted by atomic mass is 10.2. The van der Waals surface area contributed by atoms with E-state index in [4.69, 9.17) is 0 Å². The number of hydrogen-bond donors (Lipinski definition) is 1. The van der Waals surface area contributed by atoms with Gasteiger partial charge in [-0.25, -0.2) is 4.98 Å². The van der Waals surface area contributed by atoms with Gasteiger partial charge in [-0.2, -0.15) is 0 Å². The van der Waals surface area contributed by atoms with Crippen LogP contribution < -0.4 is 0 Å². The molecule has 1 heterocycles. The normalized spacial score (nSPS) is 11.2. The average Bonchev–Trinajstić information content (AvgIpc) is 2.46. The first-order chi connectivity index (χ1) is 5.77. The van der Waals surface area contributed by atoms with E-state index >= 15 is 0 Å². The second-order valence-electron chi connectivity index (χ2n) is 3.04. The van der Waals surface area contributed by atoms with Crippen LogP contribution in [0.2, 0.25) is 0 Å². The van der Waals surface area contributed by atoms with Gasteiger partial charge in [0.15, 0.2) is 0 Å². The van der Waals surface area contributed by atoms with Crippen LogP contribution in [0.5, 0.6) is 0 Å². The number of para-hydroxylation sites is 2. The predicted octanol–water partition coefficient (Wildman–Crippen LogP) is 2.50. The maximum Gasteiger partial charge on any atom is 0.110 e. The Hall–Kier alpha value is -1.31. The summed E-state index contributed by atoms with van der Waals surface area (Å²) < 4.78 is 0. The quantitative estimate of drug-likeness (QED) is 0.680. The molecule has 2 aromatic rings. The van der Waals surface area contributed by atoms with Crippen LogP contribution in [-0.4, -0.2) is 9.97 Å². The van der Waals surface area contributed by atoms with Crippen molar-refractivity contribution in [3.05, 3.63) is 37.0 Å². The van der Waals surface area contributed by atoms with Gasteiger partial charge < -0.3 is 4.98 Å². The maximum absolute atomic E-state index is 4.39. The summed E-state index contributed by atoms with van der Waals surface area (Å²) in [6, 6.07) is 8.00. The average molecular weight is 159 g/mol. The summed E-state index contributed by atoms with van der Waals surface area (Å²) in [5.41, 5.74) is 2.10. The van der Waals surface area contributed by atoms with Crippen molar-refractivity contribution in [1.29, 1.82) is 0 Å². The third-order valence-electron chi connectivity index (χ3n) is 1.87. The second-order valence-corrected chi connectivity index (χ2v) is 3.04. The minimum Gasteiger partial charge on any atom is -0.342 e. The van der Waals surface area contributed by atoms with Crippen LogP contribution in [0.4, 0.5) is 0 Å². The van der Waals surface area contributed by atoms with Gasteiger partial charge in [0.25, 0.3) is 0 Å². The minimum atomic E-state index is 0.220. The van der Waals surface area contributed by atoms with E-state index in [2.05, 4.69) is 16.9 Å². The Labute approximate surface area is 71.6 Å². The predicted molar refractivity (Wildman–Crippen MR) is 49.9 cm³/mol. The number of fused-ring (bicyclic) bond motifs is 1. The van der Waals surface area contributed by atoms with Crippen molar-refractivity contribution in [2.75, 3.05) is 0 Å². The van der Waals surface area contributed by atoms with Crippen molar-refractivity contribution in [2.45, 2.75) is 12.8 Å². The van der Waals surface area contributed by atoms with Crippen molar-refractivity contribution in [3.63, 3.8) is 0 Å². The Morgan fingerprint density at radius 1 is 1.42 bits per heavy atom. The molecule has 2 rings (SSSR count). The molecule has 0 spiro atoms. The van der Waals surface area contributed by atoms with Gasteiger partial charge in [-0.05, 0) is 19.1 Å². The maximum atomic E-state index is 4.39. The minimum absolute atomic E-state index is 0.220. The van der Waals surface area contributed by atoms with E-state index in [1.807, 2.05) is 31.2 Å². The Bertz CT molecular complexity index is 354. The van der Waals surface area contributed by atoms with E-state index < -0.39 is 0 Å². The molecular weight excluding hydrogens is 148 g/mol. The van der Waals surface area contributed by atoms with E-state index in [-0.39, 0.29) is 5.92 Å². The molecule has 61 valence electrons. The van der Waals surface area contributed by atoms with Gasteiger partial charge in [-0.3, -0.25) is 0 Å². The first-order valence-corrected chi connectivity index (χ1v) is 4.05. The lowest BCUT2D eigenvalue weighted by Crippen LogP contribution is -1.88. The summed E-state index contributed by atoms with van der Waals surface area (Å²) >= 11 is 0. The number of imidazole rings is 1. The third-order valence-corrected chi connectivity index (χ3v) is 1.87. The van der Waals surface area contributed by atoms with Crippen molar-refractivity contribution in [2.24, 2.45) is 0 Å². The van der Waals surface area contributed by atoms with Crippen molar-refractivity contribution < 1.29 is 0 Å². The molecule has 0 saturated heterocycles. The summed E-state index contributed by atoms with van der Waals surface area (Å²) in [5.74, 6) is 1.17. The Morgan fingerprint density at radius 3 is 2.83 bits per heavy atom. The highest BCUT2D eigenvalue weighted by Gasteiger charge is 2.04. The molecule has 0 amide bonds. The topological polar surface area (TPSA) is 28.7 Å². The van der Waals surface area contributed by atoms with Crippen LogP contribution >= 0.6 is 0 Å². The zero-order valence-corrected chi connectivity index (χ0v) is 7.04. The van der Waals surface area contributed by atoms with Gasteiger partial charge in [0, 0.05) is 5.92 Å². The highest BCUT2D eigenvalue weighted by molar-refractivity contribution is 5.74. The van der Waals surface area contributed by atoms with E-state index in [1.54, 1.807) is 0 Å². The molecule has 1 atom stereocenters. The largest absolute Gasteiger partial charge is 0.342 e. The molecule has 0 fully saturated rings. The number of benzene rings is 1. The lowest BCUT2D eigenvalue weighted by Gasteiger charge is -1.95. The van der Waals surface area contributed by atoms with Crippen molar-refractivity contribution >= 4 is 11.0 Å². The van der Waals surface area contributed by atoms with Gasteiger partial charge in [-0.1, -0.05) is 19.1 Å². The molecule has 1 aromatic carbocycles. The Balaban J connectivity index is 2.62. The first-order valence-electron chi connectivity index (χ1n) is 4.05. The van der Waals surface area contributed by atoms with Crippen molar-refractivity contribution in [3.8, 4) is 0 Å². The summed E-state index contributed by atoms with van der Waals surface area (Å²) in [7, 11) is 0. The summed E-state index contributed by atoms with van der Waals surface area (Å²) in [6.07, 6.45) is 0. The van der Waals surface area contributed by atoms with Gasteiger partial charge in [0.2, 0.25) is 0 Å². The number of rotatable bonds is 1. The van der Waals surface area contributed by atoms with E-state index in [0.717, 1.165) is 16.9 Å². The zero-order valence-electron chi connectivity index (χ0n) is 7.04. The van der Waals surface area contributed by atoms with Crippen LogP contribution in [0, 0.1) is 6.92 Å². The molecule has 1 unspecified atom stereocenters. The number of nitrogens with zero attached hydrogens (tertiary/aromatic N) is 1. The van der Waals surface area contributed by atoms with Gasteiger partial charge >= 0.3 is 0 Å². The lowest BCUT2D eigenvalue weighted by molar-refractivity contribution is 0.875. The molecule has 1 radical (unpaired) electrons. The fourth-order valence-electron chi connectivity index (χ4n) is 1.21. The first kappa shape index (κ1) is 7.35. The van der Waals surface area contributed by atoms with E-state index in [1.165, 1.54) is 0 Å². The van der Waals surface area contributed by atoms with Crippen LogP contribution in [0.1, 0.15) is 18.7 Å². The number of hydrogen-bond acceptors (Lipinski definition) is 1. The van der Waals surface area contributed by atoms with Crippen LogP contribution in [-0.2, 0) is 0 Å². The zero-order chi connectivity index (χ0) is 8.55. The number of aromatic amines is 1. The fourth-order valence-corrected chi connectivity index (χ4v) is 1.21. The van der Waals surface area contributed by atoms with E-state index in [9.17, 15) is 0 Å².